The molecule has 0 bridgehead atoms. The van der Waals surface area contributed by atoms with E-state index in [0.717, 1.165) is 37.8 Å². The molecule has 2 unspecified atom stereocenters. The lowest BCUT2D eigenvalue weighted by molar-refractivity contribution is 0.0449. The summed E-state index contributed by atoms with van der Waals surface area (Å²) in [6, 6.07) is 8.16. The Balaban J connectivity index is 1.59. The maximum absolute atomic E-state index is 12.8. The minimum Gasteiger partial charge on any atom is -0.496 e. The zero-order chi connectivity index (χ0) is 17.1. The van der Waals surface area contributed by atoms with Gasteiger partial charge in [0.2, 0.25) is 0 Å². The molecule has 2 saturated heterocycles. The lowest BCUT2D eigenvalue weighted by Crippen LogP contribution is -2.50. The van der Waals surface area contributed by atoms with Gasteiger partial charge in [-0.2, -0.15) is 0 Å². The lowest BCUT2D eigenvalue weighted by atomic mass is 9.89. The number of rotatable bonds is 3. The van der Waals surface area contributed by atoms with Crippen LogP contribution in [0.3, 0.4) is 0 Å². The number of piperidine rings is 2. The number of para-hydroxylation sites is 1. The molecular formula is C20H30N2O2. The number of likely N-dealkylation sites (tertiary alicyclic amines) is 2. The highest BCUT2D eigenvalue weighted by Gasteiger charge is 2.31. The molecular weight excluding hydrogens is 300 g/mol. The third kappa shape index (κ3) is 3.75. The van der Waals surface area contributed by atoms with Crippen LogP contribution in [0.25, 0.3) is 0 Å². The van der Waals surface area contributed by atoms with Crippen molar-refractivity contribution >= 4 is 5.91 Å². The molecule has 1 aromatic rings. The van der Waals surface area contributed by atoms with Gasteiger partial charge in [0.15, 0.2) is 0 Å². The Labute approximate surface area is 145 Å². The van der Waals surface area contributed by atoms with Gasteiger partial charge >= 0.3 is 0 Å². The van der Waals surface area contributed by atoms with E-state index in [-0.39, 0.29) is 5.91 Å². The summed E-state index contributed by atoms with van der Waals surface area (Å²) >= 11 is 0. The molecule has 0 spiro atoms. The predicted molar refractivity (Wildman–Crippen MR) is 96.4 cm³/mol. The number of benzene rings is 1. The summed E-state index contributed by atoms with van der Waals surface area (Å²) in [4.78, 5) is 17.5. The van der Waals surface area contributed by atoms with Crippen LogP contribution in [0, 0.1) is 11.8 Å². The summed E-state index contributed by atoms with van der Waals surface area (Å²) in [6.07, 6.45) is 3.52. The van der Waals surface area contributed by atoms with Gasteiger partial charge in [0.25, 0.3) is 5.91 Å². The molecule has 24 heavy (non-hydrogen) atoms. The standard InChI is InChI=1S/C20H30N2O2/c1-15-12-16(2)14-22(13-15)17-8-10-21(11-9-17)20(23)18-6-4-5-7-19(18)24-3/h4-7,15-17H,8-14H2,1-3H3. The highest BCUT2D eigenvalue weighted by molar-refractivity contribution is 5.97. The van der Waals surface area contributed by atoms with Gasteiger partial charge in [0.1, 0.15) is 5.75 Å². The van der Waals surface area contributed by atoms with E-state index < -0.39 is 0 Å². The molecule has 3 rings (SSSR count). The third-order valence-corrected chi connectivity index (χ3v) is 5.50. The summed E-state index contributed by atoms with van der Waals surface area (Å²) in [5.74, 6) is 2.36. The third-order valence-electron chi connectivity index (χ3n) is 5.50. The monoisotopic (exact) mass is 330 g/mol. The first-order valence-electron chi connectivity index (χ1n) is 9.24. The SMILES string of the molecule is COc1ccccc1C(=O)N1CCC(N2CC(C)CC(C)C2)CC1. The quantitative estimate of drug-likeness (QED) is 0.853. The van der Waals surface area contributed by atoms with Crippen LogP contribution in [-0.2, 0) is 0 Å². The number of carbonyl (C=O) groups is 1. The van der Waals surface area contributed by atoms with E-state index in [9.17, 15) is 4.79 Å². The van der Waals surface area contributed by atoms with Crippen LogP contribution in [0.1, 0.15) is 43.5 Å². The molecule has 2 atom stereocenters. The van der Waals surface area contributed by atoms with E-state index in [1.54, 1.807) is 7.11 Å². The van der Waals surface area contributed by atoms with Crippen molar-refractivity contribution in [3.8, 4) is 5.75 Å². The number of hydrogen-bond acceptors (Lipinski definition) is 3. The van der Waals surface area contributed by atoms with Crippen LogP contribution in [0.2, 0.25) is 0 Å². The molecule has 4 nitrogen and oxygen atoms in total. The van der Waals surface area contributed by atoms with Crippen LogP contribution in [0.4, 0.5) is 0 Å². The van der Waals surface area contributed by atoms with Gasteiger partial charge in [-0.1, -0.05) is 26.0 Å². The largest absolute Gasteiger partial charge is 0.496 e. The minimum atomic E-state index is 0.103. The Bertz CT molecular complexity index is 557. The van der Waals surface area contributed by atoms with Gasteiger partial charge in [-0.3, -0.25) is 9.69 Å². The highest BCUT2D eigenvalue weighted by Crippen LogP contribution is 2.28. The number of amides is 1. The van der Waals surface area contributed by atoms with E-state index in [0.29, 0.717) is 17.4 Å². The lowest BCUT2D eigenvalue weighted by Gasteiger charge is -2.43. The second kappa shape index (κ2) is 7.56. The molecule has 0 radical (unpaired) electrons. The molecule has 0 saturated carbocycles. The Morgan fingerprint density at radius 2 is 1.71 bits per heavy atom. The summed E-state index contributed by atoms with van der Waals surface area (Å²) in [6.45, 7) is 8.86. The number of hydrogen-bond donors (Lipinski definition) is 0. The van der Waals surface area contributed by atoms with E-state index >= 15 is 0 Å². The molecule has 0 N–H and O–H groups in total. The molecule has 2 aliphatic heterocycles. The smallest absolute Gasteiger partial charge is 0.257 e. The predicted octanol–water partition coefficient (Wildman–Crippen LogP) is 3.28. The maximum atomic E-state index is 12.8. The second-order valence-corrected chi connectivity index (χ2v) is 7.62. The molecule has 132 valence electrons. The Kier molecular flexibility index (Phi) is 5.44. The van der Waals surface area contributed by atoms with E-state index in [1.165, 1.54) is 19.5 Å². The first kappa shape index (κ1) is 17.3. The first-order valence-corrected chi connectivity index (χ1v) is 9.24. The van der Waals surface area contributed by atoms with Gasteiger partial charge in [0.05, 0.1) is 12.7 Å². The van der Waals surface area contributed by atoms with Crippen molar-refractivity contribution in [1.82, 2.24) is 9.80 Å². The van der Waals surface area contributed by atoms with Crippen molar-refractivity contribution in [3.63, 3.8) is 0 Å². The van der Waals surface area contributed by atoms with Crippen molar-refractivity contribution in [2.75, 3.05) is 33.3 Å². The highest BCUT2D eigenvalue weighted by atomic mass is 16.5. The first-order chi connectivity index (χ1) is 11.6. The van der Waals surface area contributed by atoms with Gasteiger partial charge < -0.3 is 9.64 Å². The summed E-state index contributed by atoms with van der Waals surface area (Å²) in [7, 11) is 1.62. The van der Waals surface area contributed by atoms with Crippen LogP contribution in [0.5, 0.6) is 5.75 Å². The van der Waals surface area contributed by atoms with Crippen LogP contribution >= 0.6 is 0 Å². The molecule has 0 aromatic heterocycles. The van der Waals surface area contributed by atoms with Gasteiger partial charge in [-0.25, -0.2) is 0 Å². The van der Waals surface area contributed by atoms with Crippen molar-refractivity contribution in [3.05, 3.63) is 29.8 Å². The molecule has 2 fully saturated rings. The number of ether oxygens (including phenoxy) is 1. The Hall–Kier alpha value is -1.55. The zero-order valence-electron chi connectivity index (χ0n) is 15.2. The Morgan fingerprint density at radius 1 is 1.08 bits per heavy atom. The van der Waals surface area contributed by atoms with Gasteiger partial charge in [-0.15, -0.1) is 0 Å². The normalized spacial score (nSPS) is 26.4. The molecule has 0 aliphatic carbocycles. The Morgan fingerprint density at radius 3 is 2.33 bits per heavy atom. The fourth-order valence-corrected chi connectivity index (χ4v) is 4.44. The summed E-state index contributed by atoms with van der Waals surface area (Å²) in [5.41, 5.74) is 0.679. The fraction of sp³-hybridized carbons (Fsp3) is 0.650. The zero-order valence-corrected chi connectivity index (χ0v) is 15.2. The topological polar surface area (TPSA) is 32.8 Å². The van der Waals surface area contributed by atoms with Crippen molar-refractivity contribution in [2.45, 2.75) is 39.2 Å². The van der Waals surface area contributed by atoms with E-state index in [1.807, 2.05) is 29.2 Å². The van der Waals surface area contributed by atoms with Crippen LogP contribution in [-0.4, -0.2) is 55.0 Å². The number of methoxy groups -OCH3 is 1. The average Bonchev–Trinajstić information content (AvgIpc) is 2.60. The minimum absolute atomic E-state index is 0.103. The molecule has 2 aliphatic rings. The van der Waals surface area contributed by atoms with E-state index in [2.05, 4.69) is 18.7 Å². The summed E-state index contributed by atoms with van der Waals surface area (Å²) < 4.78 is 5.34. The summed E-state index contributed by atoms with van der Waals surface area (Å²) in [5, 5.41) is 0. The number of nitrogens with zero attached hydrogens (tertiary/aromatic N) is 2. The number of carbonyl (C=O) groups excluding carboxylic acids is 1. The average molecular weight is 330 g/mol. The van der Waals surface area contributed by atoms with Crippen molar-refractivity contribution in [2.24, 2.45) is 11.8 Å². The second-order valence-electron chi connectivity index (χ2n) is 7.62. The molecule has 4 heteroatoms. The van der Waals surface area contributed by atoms with Crippen molar-refractivity contribution < 1.29 is 9.53 Å². The van der Waals surface area contributed by atoms with Crippen LogP contribution in [0.15, 0.2) is 24.3 Å². The van der Waals surface area contributed by atoms with Gasteiger partial charge in [0, 0.05) is 32.2 Å². The van der Waals surface area contributed by atoms with Gasteiger partial charge in [-0.05, 0) is 43.2 Å². The maximum Gasteiger partial charge on any atom is 0.257 e. The van der Waals surface area contributed by atoms with Crippen LogP contribution < -0.4 is 4.74 Å². The fourth-order valence-electron chi connectivity index (χ4n) is 4.44. The molecule has 2 heterocycles. The molecule has 1 aromatic carbocycles. The van der Waals surface area contributed by atoms with Crippen molar-refractivity contribution in [1.29, 1.82) is 0 Å². The molecule has 1 amide bonds. The van der Waals surface area contributed by atoms with E-state index in [4.69, 9.17) is 4.74 Å².